The molecule has 0 aromatic heterocycles. The van der Waals surface area contributed by atoms with Crippen LogP contribution in [-0.2, 0) is 9.59 Å². The normalized spacial score (nSPS) is 11.7. The van der Waals surface area contributed by atoms with Crippen LogP contribution in [0.25, 0.3) is 0 Å². The summed E-state index contributed by atoms with van der Waals surface area (Å²) in [6.07, 6.45) is 0. The molecule has 0 bridgehead atoms. The minimum absolute atomic E-state index is 0.0588. The van der Waals surface area contributed by atoms with Crippen molar-refractivity contribution in [1.29, 1.82) is 0 Å². The smallest absolute Gasteiger partial charge is 0.325 e. The van der Waals surface area contributed by atoms with Gasteiger partial charge in [-0.05, 0) is 31.9 Å². The standard InChI is InChI=1S/C13H18N2O3/c1-8-5-4-6-9(2)12(8)14-7-11(16)15-10(3)13(17)18/h4-6,10,14H,7H2,1-3H3,(H,15,16)(H,17,18)/t10-/m1/s1. The van der Waals surface area contributed by atoms with Crippen LogP contribution in [0.5, 0.6) is 0 Å². The third-order valence-electron chi connectivity index (χ3n) is 2.65. The summed E-state index contributed by atoms with van der Waals surface area (Å²) >= 11 is 0. The number of hydrogen-bond donors (Lipinski definition) is 3. The van der Waals surface area contributed by atoms with Crippen LogP contribution in [0.4, 0.5) is 5.69 Å². The lowest BCUT2D eigenvalue weighted by Crippen LogP contribution is -2.41. The Bertz CT molecular complexity index is 437. The maximum absolute atomic E-state index is 11.5. The number of aryl methyl sites for hydroxylation is 2. The van der Waals surface area contributed by atoms with Gasteiger partial charge in [0.2, 0.25) is 5.91 Å². The molecule has 1 amide bonds. The molecule has 0 fully saturated rings. The summed E-state index contributed by atoms with van der Waals surface area (Å²) in [5, 5.41) is 14.1. The highest BCUT2D eigenvalue weighted by molar-refractivity contribution is 5.86. The summed E-state index contributed by atoms with van der Waals surface area (Å²) in [5.41, 5.74) is 3.01. The van der Waals surface area contributed by atoms with Crippen LogP contribution in [0.1, 0.15) is 18.1 Å². The Morgan fingerprint density at radius 1 is 1.28 bits per heavy atom. The van der Waals surface area contributed by atoms with Crippen LogP contribution < -0.4 is 10.6 Å². The van der Waals surface area contributed by atoms with Gasteiger partial charge in [-0.1, -0.05) is 18.2 Å². The summed E-state index contributed by atoms with van der Waals surface area (Å²) < 4.78 is 0. The minimum atomic E-state index is -1.05. The Morgan fingerprint density at radius 3 is 2.33 bits per heavy atom. The highest BCUT2D eigenvalue weighted by Crippen LogP contribution is 2.18. The molecule has 1 aromatic carbocycles. The van der Waals surface area contributed by atoms with Crippen molar-refractivity contribution >= 4 is 17.6 Å². The Kier molecular flexibility index (Phi) is 4.71. The number of nitrogens with one attached hydrogen (secondary N) is 2. The number of aliphatic carboxylic acids is 1. The molecule has 0 radical (unpaired) electrons. The second-order valence-corrected chi connectivity index (χ2v) is 4.25. The molecule has 0 aliphatic heterocycles. The maximum atomic E-state index is 11.5. The summed E-state index contributed by atoms with van der Waals surface area (Å²) in [7, 11) is 0. The number of carboxylic acid groups (broad SMARTS) is 1. The first-order chi connectivity index (χ1) is 8.41. The lowest BCUT2D eigenvalue weighted by molar-refractivity contribution is -0.141. The summed E-state index contributed by atoms with van der Waals surface area (Å²) in [6.45, 7) is 5.39. The Labute approximate surface area is 106 Å². The molecule has 0 aliphatic carbocycles. The zero-order chi connectivity index (χ0) is 13.7. The van der Waals surface area contributed by atoms with Crippen molar-refractivity contribution in [3.63, 3.8) is 0 Å². The lowest BCUT2D eigenvalue weighted by atomic mass is 10.1. The number of hydrogen-bond acceptors (Lipinski definition) is 3. The van der Waals surface area contributed by atoms with E-state index in [1.807, 2.05) is 32.0 Å². The molecule has 3 N–H and O–H groups in total. The first-order valence-electron chi connectivity index (χ1n) is 5.74. The molecular weight excluding hydrogens is 232 g/mol. The number of amides is 1. The van der Waals surface area contributed by atoms with E-state index < -0.39 is 12.0 Å². The minimum Gasteiger partial charge on any atom is -0.480 e. The molecule has 1 atom stereocenters. The van der Waals surface area contributed by atoms with E-state index >= 15 is 0 Å². The number of benzene rings is 1. The first kappa shape index (κ1) is 14.0. The second-order valence-electron chi connectivity index (χ2n) is 4.25. The van der Waals surface area contributed by atoms with Crippen LogP contribution in [0.15, 0.2) is 18.2 Å². The molecule has 5 nitrogen and oxygen atoms in total. The van der Waals surface area contributed by atoms with Crippen LogP contribution in [0.2, 0.25) is 0 Å². The summed E-state index contributed by atoms with van der Waals surface area (Å²) in [6, 6.07) is 4.97. The quantitative estimate of drug-likeness (QED) is 0.736. The summed E-state index contributed by atoms with van der Waals surface area (Å²) in [5.74, 6) is -1.39. The van der Waals surface area contributed by atoms with Crippen LogP contribution in [0.3, 0.4) is 0 Å². The average molecular weight is 250 g/mol. The number of anilines is 1. The molecule has 18 heavy (non-hydrogen) atoms. The van der Waals surface area contributed by atoms with Gasteiger partial charge in [-0.3, -0.25) is 9.59 Å². The van der Waals surface area contributed by atoms with Crippen molar-refractivity contribution in [2.75, 3.05) is 11.9 Å². The largest absolute Gasteiger partial charge is 0.480 e. The van der Waals surface area contributed by atoms with Gasteiger partial charge in [0.05, 0.1) is 6.54 Å². The number of para-hydroxylation sites is 1. The highest BCUT2D eigenvalue weighted by Gasteiger charge is 2.13. The highest BCUT2D eigenvalue weighted by atomic mass is 16.4. The molecule has 0 aliphatic rings. The van der Waals surface area contributed by atoms with Gasteiger partial charge in [-0.2, -0.15) is 0 Å². The van der Waals surface area contributed by atoms with E-state index in [-0.39, 0.29) is 12.5 Å². The molecule has 0 heterocycles. The predicted octanol–water partition coefficient (Wildman–Crippen LogP) is 1.30. The average Bonchev–Trinajstić information content (AvgIpc) is 2.28. The zero-order valence-electron chi connectivity index (χ0n) is 10.8. The number of carbonyl (C=O) groups excluding carboxylic acids is 1. The van der Waals surface area contributed by atoms with Crippen molar-refractivity contribution in [1.82, 2.24) is 5.32 Å². The van der Waals surface area contributed by atoms with Gasteiger partial charge in [-0.25, -0.2) is 0 Å². The SMILES string of the molecule is Cc1cccc(C)c1NCC(=O)N[C@H](C)C(=O)O. The van der Waals surface area contributed by atoms with E-state index in [9.17, 15) is 9.59 Å². The molecule has 98 valence electrons. The molecule has 0 saturated carbocycles. The zero-order valence-corrected chi connectivity index (χ0v) is 10.8. The fourth-order valence-corrected chi connectivity index (χ4v) is 1.62. The van der Waals surface area contributed by atoms with E-state index in [4.69, 9.17) is 5.11 Å². The van der Waals surface area contributed by atoms with Gasteiger partial charge in [0.15, 0.2) is 0 Å². The topological polar surface area (TPSA) is 78.4 Å². The van der Waals surface area contributed by atoms with Gasteiger partial charge in [0, 0.05) is 5.69 Å². The van der Waals surface area contributed by atoms with E-state index in [0.29, 0.717) is 0 Å². The molecule has 5 heteroatoms. The van der Waals surface area contributed by atoms with Crippen molar-refractivity contribution in [3.8, 4) is 0 Å². The van der Waals surface area contributed by atoms with Crippen molar-refractivity contribution in [2.45, 2.75) is 26.8 Å². The fourth-order valence-electron chi connectivity index (χ4n) is 1.62. The molecular formula is C13H18N2O3. The number of carboxylic acids is 1. The van der Waals surface area contributed by atoms with Gasteiger partial charge in [0.1, 0.15) is 6.04 Å². The van der Waals surface area contributed by atoms with Gasteiger partial charge in [-0.15, -0.1) is 0 Å². The van der Waals surface area contributed by atoms with Crippen molar-refractivity contribution < 1.29 is 14.7 Å². The third-order valence-corrected chi connectivity index (χ3v) is 2.65. The van der Waals surface area contributed by atoms with E-state index in [0.717, 1.165) is 16.8 Å². The van der Waals surface area contributed by atoms with Crippen LogP contribution >= 0.6 is 0 Å². The number of carbonyl (C=O) groups is 2. The Morgan fingerprint density at radius 2 is 1.83 bits per heavy atom. The van der Waals surface area contributed by atoms with Crippen molar-refractivity contribution in [3.05, 3.63) is 29.3 Å². The number of rotatable bonds is 5. The van der Waals surface area contributed by atoms with Gasteiger partial charge < -0.3 is 15.7 Å². The molecule has 0 unspecified atom stereocenters. The predicted molar refractivity (Wildman–Crippen MR) is 69.6 cm³/mol. The maximum Gasteiger partial charge on any atom is 0.325 e. The second kappa shape index (κ2) is 6.05. The third kappa shape index (κ3) is 3.76. The van der Waals surface area contributed by atoms with E-state index in [1.54, 1.807) is 0 Å². The molecule has 0 spiro atoms. The summed E-state index contributed by atoms with van der Waals surface area (Å²) in [4.78, 5) is 22.1. The van der Waals surface area contributed by atoms with Gasteiger partial charge in [0.25, 0.3) is 0 Å². The molecule has 1 rings (SSSR count). The van der Waals surface area contributed by atoms with Crippen molar-refractivity contribution in [2.24, 2.45) is 0 Å². The van der Waals surface area contributed by atoms with E-state index in [1.165, 1.54) is 6.92 Å². The lowest BCUT2D eigenvalue weighted by Gasteiger charge is -2.13. The Balaban J connectivity index is 2.55. The Hall–Kier alpha value is -2.04. The molecule has 0 saturated heterocycles. The molecule has 1 aromatic rings. The van der Waals surface area contributed by atoms with E-state index in [2.05, 4.69) is 10.6 Å². The fraction of sp³-hybridized carbons (Fsp3) is 0.385. The van der Waals surface area contributed by atoms with Gasteiger partial charge >= 0.3 is 5.97 Å². The van der Waals surface area contributed by atoms with Crippen LogP contribution in [0, 0.1) is 13.8 Å². The first-order valence-corrected chi connectivity index (χ1v) is 5.74. The van der Waals surface area contributed by atoms with Crippen LogP contribution in [-0.4, -0.2) is 29.6 Å². The monoisotopic (exact) mass is 250 g/mol.